The van der Waals surface area contributed by atoms with Crippen LogP contribution in [0.25, 0.3) is 33.3 Å². The number of hydrogen-bond acceptors (Lipinski definition) is 7. The molecule has 0 saturated carbocycles. The number of amides is 1. The highest BCUT2D eigenvalue weighted by molar-refractivity contribution is 7.46. The van der Waals surface area contributed by atoms with Crippen LogP contribution < -0.4 is 10.1 Å². The average Bonchev–Trinajstić information content (AvgIpc) is 3.24. The largest absolute Gasteiger partial charge is 0.497 e. The van der Waals surface area contributed by atoms with Crippen LogP contribution in [0.15, 0.2) is 67.6 Å². The highest BCUT2D eigenvalue weighted by Crippen LogP contribution is 2.38. The van der Waals surface area contributed by atoms with Crippen molar-refractivity contribution >= 4 is 30.5 Å². The molecule has 0 spiro atoms. The monoisotopic (exact) mass is 505 g/mol. The van der Waals surface area contributed by atoms with Gasteiger partial charge in [0.15, 0.2) is 0 Å². The lowest BCUT2D eigenvalue weighted by Gasteiger charge is -2.11. The Kier molecular flexibility index (Phi) is 6.96. The number of ether oxygens (including phenoxy) is 1. The van der Waals surface area contributed by atoms with Gasteiger partial charge >= 0.3 is 7.82 Å². The van der Waals surface area contributed by atoms with E-state index in [-0.39, 0.29) is 11.6 Å². The van der Waals surface area contributed by atoms with E-state index in [0.717, 1.165) is 6.08 Å². The van der Waals surface area contributed by atoms with E-state index in [2.05, 4.69) is 26.4 Å². The molecule has 12 heteroatoms. The number of nitrogens with one attached hydrogen (secondary N) is 1. The van der Waals surface area contributed by atoms with Gasteiger partial charge in [0.25, 0.3) is 0 Å². The Morgan fingerprint density at radius 2 is 2.03 bits per heavy atom. The number of phosphoric ester groups is 1. The molecule has 0 aliphatic heterocycles. The molecule has 0 atom stereocenters. The van der Waals surface area contributed by atoms with E-state index in [1.165, 1.54) is 17.9 Å². The minimum absolute atomic E-state index is 0.208. The van der Waals surface area contributed by atoms with Crippen LogP contribution in [0.1, 0.15) is 5.69 Å². The number of anilines is 1. The van der Waals surface area contributed by atoms with Gasteiger partial charge in [0, 0.05) is 46.9 Å². The van der Waals surface area contributed by atoms with Gasteiger partial charge < -0.3 is 24.4 Å². The minimum Gasteiger partial charge on any atom is -0.497 e. The molecule has 4 aromatic rings. The van der Waals surface area contributed by atoms with Crippen molar-refractivity contribution in [2.75, 3.05) is 12.4 Å². The molecular weight excluding hydrogens is 485 g/mol. The molecule has 1 amide bonds. The van der Waals surface area contributed by atoms with Crippen molar-refractivity contribution in [1.82, 2.24) is 14.5 Å². The third-order valence-corrected chi connectivity index (χ3v) is 5.64. The molecule has 36 heavy (non-hydrogen) atoms. The number of benzene rings is 1. The van der Waals surface area contributed by atoms with Crippen molar-refractivity contribution < 1.29 is 28.4 Å². The summed E-state index contributed by atoms with van der Waals surface area (Å²) in [5.74, 6) is 0.130. The lowest BCUT2D eigenvalue weighted by molar-refractivity contribution is -0.111. The molecule has 0 unspecified atom stereocenters. The van der Waals surface area contributed by atoms with Gasteiger partial charge in [-0.25, -0.2) is 14.5 Å². The summed E-state index contributed by atoms with van der Waals surface area (Å²) < 4.78 is 22.8. The van der Waals surface area contributed by atoms with Crippen molar-refractivity contribution in [1.29, 1.82) is 5.26 Å². The van der Waals surface area contributed by atoms with Gasteiger partial charge in [-0.15, -0.1) is 0 Å². The number of hydrogen-bond donors (Lipinski definition) is 3. The fourth-order valence-electron chi connectivity index (χ4n) is 3.60. The van der Waals surface area contributed by atoms with Crippen LogP contribution in [-0.2, 0) is 20.6 Å². The van der Waals surface area contributed by atoms with Crippen LogP contribution in [0.5, 0.6) is 5.75 Å². The average molecular weight is 505 g/mol. The predicted octanol–water partition coefficient (Wildman–Crippen LogP) is 3.84. The van der Waals surface area contributed by atoms with E-state index in [0.29, 0.717) is 44.7 Å². The molecule has 4 rings (SSSR count). The third-order valence-electron chi connectivity index (χ3n) is 5.19. The second-order valence-corrected chi connectivity index (χ2v) is 8.78. The first kappa shape index (κ1) is 24.8. The first-order valence-corrected chi connectivity index (χ1v) is 11.9. The van der Waals surface area contributed by atoms with Gasteiger partial charge in [0.05, 0.1) is 7.11 Å². The van der Waals surface area contributed by atoms with Crippen LogP contribution in [0.2, 0.25) is 0 Å². The van der Waals surface area contributed by atoms with Gasteiger partial charge in [-0.3, -0.25) is 9.32 Å². The quantitative estimate of drug-likeness (QED) is 0.239. The molecule has 0 bridgehead atoms. The molecule has 0 fully saturated rings. The Labute approximate surface area is 205 Å². The summed E-state index contributed by atoms with van der Waals surface area (Å²) in [5, 5.41) is 12.6. The van der Waals surface area contributed by atoms with Crippen molar-refractivity contribution in [2.45, 2.75) is 6.73 Å². The van der Waals surface area contributed by atoms with E-state index in [9.17, 15) is 14.6 Å². The van der Waals surface area contributed by atoms with Crippen LogP contribution in [0, 0.1) is 11.3 Å². The fourth-order valence-corrected chi connectivity index (χ4v) is 3.88. The number of carbonyl (C=O) groups excluding carboxylic acids is 1. The summed E-state index contributed by atoms with van der Waals surface area (Å²) >= 11 is 0. The first-order chi connectivity index (χ1) is 17.2. The number of phosphoric acid groups is 1. The van der Waals surface area contributed by atoms with Gasteiger partial charge in [0.2, 0.25) is 5.91 Å². The molecule has 0 radical (unpaired) electrons. The Bertz CT molecular complexity index is 1570. The number of nitrogens with zero attached hydrogens (tertiary/aromatic N) is 4. The third kappa shape index (κ3) is 5.49. The van der Waals surface area contributed by atoms with Crippen molar-refractivity contribution in [3.8, 4) is 34.1 Å². The smallest absolute Gasteiger partial charge is 0.471 e. The van der Waals surface area contributed by atoms with Crippen LogP contribution >= 0.6 is 7.82 Å². The second-order valence-electron chi connectivity index (χ2n) is 7.54. The lowest BCUT2D eigenvalue weighted by Crippen LogP contribution is -2.07. The van der Waals surface area contributed by atoms with E-state index < -0.39 is 14.6 Å². The summed E-state index contributed by atoms with van der Waals surface area (Å²) in [4.78, 5) is 38.6. The molecular formula is C24H20N5O6P. The highest BCUT2D eigenvalue weighted by Gasteiger charge is 2.18. The van der Waals surface area contributed by atoms with Crippen molar-refractivity contribution in [3.63, 3.8) is 0 Å². The van der Waals surface area contributed by atoms with Gasteiger partial charge in [0.1, 0.15) is 29.9 Å². The summed E-state index contributed by atoms with van der Waals surface area (Å²) in [6, 6.07) is 12.3. The summed E-state index contributed by atoms with van der Waals surface area (Å²) in [6.07, 6.45) is 5.87. The Morgan fingerprint density at radius 3 is 2.72 bits per heavy atom. The van der Waals surface area contributed by atoms with Gasteiger partial charge in [-0.05, 0) is 47.5 Å². The van der Waals surface area contributed by atoms with Crippen LogP contribution in [0.3, 0.4) is 0 Å². The van der Waals surface area contributed by atoms with E-state index >= 15 is 0 Å². The van der Waals surface area contributed by atoms with Gasteiger partial charge in [-0.1, -0.05) is 6.58 Å². The SMILES string of the molecule is C=CC(=O)Nc1cc(OC)cc(-c2cnc3c(c2)c(-c2ccnc(C#N)c2)cn3COP(=O)(O)O)c1. The zero-order valence-corrected chi connectivity index (χ0v) is 19.8. The maximum absolute atomic E-state index is 11.8. The molecule has 3 N–H and O–H groups in total. The molecule has 0 aliphatic rings. The summed E-state index contributed by atoms with van der Waals surface area (Å²) in [7, 11) is -3.22. The molecule has 3 aromatic heterocycles. The Hall–Kier alpha value is -4.33. The number of aromatic nitrogens is 3. The number of fused-ring (bicyclic) bond motifs is 1. The second kappa shape index (κ2) is 10.1. The van der Waals surface area contributed by atoms with Crippen molar-refractivity contribution in [2.24, 2.45) is 0 Å². The number of rotatable bonds is 8. The zero-order chi connectivity index (χ0) is 25.9. The zero-order valence-electron chi connectivity index (χ0n) is 19.0. The van der Waals surface area contributed by atoms with E-state index in [1.54, 1.807) is 42.7 Å². The lowest BCUT2D eigenvalue weighted by atomic mass is 10.0. The number of methoxy groups -OCH3 is 1. The Balaban J connectivity index is 1.88. The normalized spacial score (nSPS) is 11.2. The van der Waals surface area contributed by atoms with Crippen molar-refractivity contribution in [3.05, 3.63) is 73.3 Å². The summed E-state index contributed by atoms with van der Waals surface area (Å²) in [5.41, 5.74) is 3.79. The standard InChI is InChI=1S/C24H20N5O6P/c1-3-23(30)28-18-7-16(8-20(10-18)34-2)17-9-21-22(15-4-5-26-19(6-15)11-25)13-29(24(21)27-12-17)14-35-36(31,32)33/h3-10,12-13H,1,14H2,2H3,(H,28,30)(H2,31,32,33). The fraction of sp³-hybridized carbons (Fsp3) is 0.0833. The maximum Gasteiger partial charge on any atom is 0.471 e. The predicted molar refractivity (Wildman–Crippen MR) is 132 cm³/mol. The number of pyridine rings is 2. The number of carbonyl (C=O) groups is 1. The minimum atomic E-state index is -4.73. The maximum atomic E-state index is 11.8. The van der Waals surface area contributed by atoms with Crippen LogP contribution in [-0.4, -0.2) is 37.3 Å². The van der Waals surface area contributed by atoms with E-state index in [4.69, 9.17) is 14.5 Å². The highest BCUT2D eigenvalue weighted by atomic mass is 31.2. The molecule has 0 saturated heterocycles. The topological polar surface area (TPSA) is 160 Å². The number of nitriles is 1. The van der Waals surface area contributed by atoms with Gasteiger partial charge in [-0.2, -0.15) is 5.26 Å². The Morgan fingerprint density at radius 1 is 1.22 bits per heavy atom. The summed E-state index contributed by atoms with van der Waals surface area (Å²) in [6.45, 7) is 3.01. The molecule has 1 aromatic carbocycles. The molecule has 3 heterocycles. The molecule has 0 aliphatic carbocycles. The van der Waals surface area contributed by atoms with Crippen LogP contribution in [0.4, 0.5) is 5.69 Å². The van der Waals surface area contributed by atoms with E-state index in [1.807, 2.05) is 12.1 Å². The molecule has 182 valence electrons. The first-order valence-electron chi connectivity index (χ1n) is 10.4. The molecule has 11 nitrogen and oxygen atoms in total.